The van der Waals surface area contributed by atoms with Crippen molar-refractivity contribution in [1.82, 2.24) is 0 Å². The number of rotatable bonds is 1. The quantitative estimate of drug-likeness (QED) is 0.738. The zero-order valence-electron chi connectivity index (χ0n) is 12.5. The minimum absolute atomic E-state index is 0.329. The van der Waals surface area contributed by atoms with Crippen molar-refractivity contribution in [3.05, 3.63) is 34.9 Å². The monoisotopic (exact) mass is 288 g/mol. The van der Waals surface area contributed by atoms with E-state index < -0.39 is 17.7 Å². The third-order valence-corrected chi connectivity index (χ3v) is 4.23. The van der Waals surface area contributed by atoms with Gasteiger partial charge in [-0.2, -0.15) is 0 Å². The number of esters is 2. The van der Waals surface area contributed by atoms with Crippen molar-refractivity contribution in [3.63, 3.8) is 0 Å². The zero-order chi connectivity index (χ0) is 15.0. The molecule has 4 heteroatoms. The third kappa shape index (κ3) is 2.80. The number of hydrogen-bond acceptors (Lipinski definition) is 4. The molecule has 1 fully saturated rings. The highest BCUT2D eigenvalue weighted by Gasteiger charge is 2.33. The number of fused-ring (bicyclic) bond motifs is 6. The molecule has 1 aromatic carbocycles. The lowest BCUT2D eigenvalue weighted by Crippen LogP contribution is -2.33. The predicted molar refractivity (Wildman–Crippen MR) is 77.2 cm³/mol. The third-order valence-electron chi connectivity index (χ3n) is 4.23. The van der Waals surface area contributed by atoms with Crippen molar-refractivity contribution < 1.29 is 19.1 Å². The van der Waals surface area contributed by atoms with Gasteiger partial charge in [-0.15, -0.1) is 0 Å². The van der Waals surface area contributed by atoms with Crippen LogP contribution in [0.3, 0.4) is 0 Å². The number of ether oxygens (including phenoxy) is 2. The standard InChI is InChI=1S/C17H20O4/c1-17(2)20-15(18)12-8-9-13(16(19)21-17)14(10-12)11-6-4-3-5-7-11/h8-11H,3-7H2,1-2H3. The second kappa shape index (κ2) is 5.17. The number of hydrogen-bond donors (Lipinski definition) is 0. The van der Waals surface area contributed by atoms with E-state index in [-0.39, 0.29) is 0 Å². The number of benzene rings is 1. The first kappa shape index (κ1) is 14.1. The minimum atomic E-state index is -1.24. The van der Waals surface area contributed by atoms with Crippen LogP contribution < -0.4 is 0 Å². The predicted octanol–water partition coefficient (Wildman–Crippen LogP) is 3.80. The maximum atomic E-state index is 12.4. The highest BCUT2D eigenvalue weighted by Crippen LogP contribution is 2.36. The minimum Gasteiger partial charge on any atom is -0.419 e. The Morgan fingerprint density at radius 1 is 1.00 bits per heavy atom. The van der Waals surface area contributed by atoms with Crippen LogP contribution in [0.5, 0.6) is 0 Å². The molecular weight excluding hydrogens is 268 g/mol. The van der Waals surface area contributed by atoms with E-state index in [0.29, 0.717) is 17.0 Å². The van der Waals surface area contributed by atoms with Gasteiger partial charge in [-0.3, -0.25) is 0 Å². The summed E-state index contributed by atoms with van der Waals surface area (Å²) in [6.45, 7) is 3.16. The average molecular weight is 288 g/mol. The van der Waals surface area contributed by atoms with Crippen LogP contribution in [0, 0.1) is 0 Å². The maximum Gasteiger partial charge on any atom is 0.341 e. The fraction of sp³-hybridized carbons (Fsp3) is 0.529. The molecule has 0 amide bonds. The van der Waals surface area contributed by atoms with E-state index in [2.05, 4.69) is 0 Å². The molecule has 1 aliphatic carbocycles. The lowest BCUT2D eigenvalue weighted by molar-refractivity contribution is -0.143. The van der Waals surface area contributed by atoms with Gasteiger partial charge in [0, 0.05) is 13.8 Å². The summed E-state index contributed by atoms with van der Waals surface area (Å²) in [4.78, 5) is 24.6. The molecule has 2 aliphatic heterocycles. The normalized spacial score (nSPS) is 22.0. The summed E-state index contributed by atoms with van der Waals surface area (Å²) >= 11 is 0. The Hall–Kier alpha value is -1.84. The Morgan fingerprint density at radius 3 is 2.38 bits per heavy atom. The van der Waals surface area contributed by atoms with Crippen LogP contribution in [-0.2, 0) is 9.47 Å². The lowest BCUT2D eigenvalue weighted by Gasteiger charge is -2.25. The molecule has 0 spiro atoms. The van der Waals surface area contributed by atoms with Crippen molar-refractivity contribution >= 4 is 11.9 Å². The van der Waals surface area contributed by atoms with Gasteiger partial charge in [0.1, 0.15) is 0 Å². The Balaban J connectivity index is 2.06. The van der Waals surface area contributed by atoms with E-state index in [1.807, 2.05) is 6.07 Å². The molecule has 1 saturated carbocycles. The van der Waals surface area contributed by atoms with Crippen LogP contribution in [0.4, 0.5) is 0 Å². The lowest BCUT2D eigenvalue weighted by atomic mass is 9.81. The first-order chi connectivity index (χ1) is 9.96. The molecular formula is C17H20O4. The second-order valence-electron chi connectivity index (χ2n) is 6.32. The first-order valence-electron chi connectivity index (χ1n) is 7.57. The van der Waals surface area contributed by atoms with E-state index in [1.165, 1.54) is 19.3 Å². The van der Waals surface area contributed by atoms with E-state index in [0.717, 1.165) is 18.4 Å². The molecule has 0 N–H and O–H groups in total. The highest BCUT2D eigenvalue weighted by atomic mass is 16.7. The zero-order valence-corrected chi connectivity index (χ0v) is 12.5. The Bertz CT molecular complexity index is 582. The summed E-state index contributed by atoms with van der Waals surface area (Å²) in [5.74, 6) is -1.78. The summed E-state index contributed by atoms with van der Waals surface area (Å²) in [5.41, 5.74) is 1.99. The fourth-order valence-corrected chi connectivity index (χ4v) is 3.21. The van der Waals surface area contributed by atoms with Crippen LogP contribution in [0.15, 0.2) is 18.2 Å². The molecule has 4 rings (SSSR count). The average Bonchev–Trinajstić information content (AvgIpc) is 2.51. The number of carbonyl (C=O) groups excluding carboxylic acids is 2. The topological polar surface area (TPSA) is 52.6 Å². The Morgan fingerprint density at radius 2 is 1.67 bits per heavy atom. The SMILES string of the molecule is CC1(C)OC(=O)c2ccc(c(C3CCCCC3)c2)C(=O)O1. The van der Waals surface area contributed by atoms with Gasteiger partial charge in [0.2, 0.25) is 0 Å². The summed E-state index contributed by atoms with van der Waals surface area (Å²) in [6, 6.07) is 5.16. The molecule has 0 radical (unpaired) electrons. The van der Waals surface area contributed by atoms with E-state index in [1.54, 1.807) is 26.0 Å². The van der Waals surface area contributed by atoms with Crippen LogP contribution in [-0.4, -0.2) is 17.7 Å². The van der Waals surface area contributed by atoms with Crippen molar-refractivity contribution in [1.29, 1.82) is 0 Å². The molecule has 0 saturated heterocycles. The summed E-state index contributed by atoms with van der Waals surface area (Å²) in [6.07, 6.45) is 5.69. The van der Waals surface area contributed by atoms with Gasteiger partial charge in [-0.1, -0.05) is 19.3 Å². The van der Waals surface area contributed by atoms with Crippen molar-refractivity contribution in [2.75, 3.05) is 0 Å². The first-order valence-corrected chi connectivity index (χ1v) is 7.57. The molecule has 0 atom stereocenters. The van der Waals surface area contributed by atoms with Crippen LogP contribution in [0.1, 0.15) is 78.1 Å². The van der Waals surface area contributed by atoms with Crippen molar-refractivity contribution in [2.24, 2.45) is 0 Å². The van der Waals surface area contributed by atoms with Gasteiger partial charge in [0.15, 0.2) is 0 Å². The molecule has 2 heterocycles. The maximum absolute atomic E-state index is 12.4. The molecule has 0 unspecified atom stereocenters. The van der Waals surface area contributed by atoms with Crippen LogP contribution in [0.25, 0.3) is 0 Å². The van der Waals surface area contributed by atoms with Crippen molar-refractivity contribution in [3.8, 4) is 0 Å². The summed E-state index contributed by atoms with van der Waals surface area (Å²) < 4.78 is 10.6. The Labute approximate surface area is 124 Å². The fourth-order valence-electron chi connectivity index (χ4n) is 3.21. The largest absolute Gasteiger partial charge is 0.419 e. The van der Waals surface area contributed by atoms with Crippen molar-refractivity contribution in [2.45, 2.75) is 57.7 Å². The van der Waals surface area contributed by atoms with E-state index >= 15 is 0 Å². The summed E-state index contributed by atoms with van der Waals surface area (Å²) in [5, 5.41) is 0. The molecule has 112 valence electrons. The molecule has 1 aromatic rings. The summed E-state index contributed by atoms with van der Waals surface area (Å²) in [7, 11) is 0. The molecule has 3 aliphatic rings. The van der Waals surface area contributed by atoms with Gasteiger partial charge in [0.05, 0.1) is 11.1 Å². The Kier molecular flexibility index (Phi) is 3.47. The van der Waals surface area contributed by atoms with Gasteiger partial charge in [-0.05, 0) is 42.5 Å². The highest BCUT2D eigenvalue weighted by molar-refractivity contribution is 5.96. The van der Waals surface area contributed by atoms with Gasteiger partial charge in [-0.25, -0.2) is 9.59 Å². The van der Waals surface area contributed by atoms with E-state index in [4.69, 9.17) is 9.47 Å². The van der Waals surface area contributed by atoms with Crippen LogP contribution in [0.2, 0.25) is 0 Å². The second-order valence-corrected chi connectivity index (χ2v) is 6.32. The molecule has 0 aromatic heterocycles. The number of carbonyl (C=O) groups is 2. The van der Waals surface area contributed by atoms with Gasteiger partial charge in [0.25, 0.3) is 5.79 Å². The van der Waals surface area contributed by atoms with Gasteiger partial charge < -0.3 is 9.47 Å². The van der Waals surface area contributed by atoms with E-state index in [9.17, 15) is 9.59 Å². The molecule has 2 bridgehead atoms. The molecule has 21 heavy (non-hydrogen) atoms. The molecule has 4 nitrogen and oxygen atoms in total. The van der Waals surface area contributed by atoms with Crippen LogP contribution >= 0.6 is 0 Å². The smallest absolute Gasteiger partial charge is 0.341 e. The van der Waals surface area contributed by atoms with Gasteiger partial charge >= 0.3 is 11.9 Å².